The van der Waals surface area contributed by atoms with Gasteiger partial charge in [0.15, 0.2) is 0 Å². The molecule has 4 heteroatoms. The number of nitrogens with zero attached hydrogens (tertiary/aromatic N) is 2. The molecule has 3 rings (SSSR count). The number of hydrogen-bond donors (Lipinski definition) is 1. The van der Waals surface area contributed by atoms with Crippen LogP contribution < -0.4 is 0 Å². The third-order valence-corrected chi connectivity index (χ3v) is 4.96. The van der Waals surface area contributed by atoms with E-state index in [1.807, 2.05) is 47.4 Å². The van der Waals surface area contributed by atoms with Gasteiger partial charge in [-0.05, 0) is 56.3 Å². The van der Waals surface area contributed by atoms with Gasteiger partial charge >= 0.3 is 0 Å². The second kappa shape index (κ2) is 7.70. The number of piperidine rings is 1. The molecule has 2 atom stereocenters. The summed E-state index contributed by atoms with van der Waals surface area (Å²) in [7, 11) is 4.17. The van der Waals surface area contributed by atoms with Crippen LogP contribution in [0.2, 0.25) is 0 Å². The zero-order chi connectivity index (χ0) is 17.8. The predicted molar refractivity (Wildman–Crippen MR) is 99.9 cm³/mol. The van der Waals surface area contributed by atoms with Crippen LogP contribution in [0, 0.1) is 5.92 Å². The van der Waals surface area contributed by atoms with E-state index in [1.165, 1.54) is 0 Å². The van der Waals surface area contributed by atoms with Gasteiger partial charge < -0.3 is 14.9 Å². The smallest absolute Gasteiger partial charge is 0.253 e. The van der Waals surface area contributed by atoms with Gasteiger partial charge in [0.25, 0.3) is 5.91 Å². The van der Waals surface area contributed by atoms with Gasteiger partial charge in [0.05, 0.1) is 0 Å². The van der Waals surface area contributed by atoms with Crippen molar-refractivity contribution in [2.45, 2.75) is 12.3 Å². The molecular formula is C21H26N2O2. The topological polar surface area (TPSA) is 43.8 Å². The molecule has 1 saturated heterocycles. The first-order valence-corrected chi connectivity index (χ1v) is 8.82. The zero-order valence-corrected chi connectivity index (χ0v) is 14.9. The van der Waals surface area contributed by atoms with Crippen molar-refractivity contribution in [3.05, 3.63) is 65.7 Å². The van der Waals surface area contributed by atoms with E-state index in [0.29, 0.717) is 12.5 Å². The highest BCUT2D eigenvalue weighted by Gasteiger charge is 2.33. The molecule has 0 aromatic heterocycles. The number of rotatable bonds is 4. The summed E-state index contributed by atoms with van der Waals surface area (Å²) < 4.78 is 0. The third-order valence-electron chi connectivity index (χ3n) is 4.96. The Morgan fingerprint density at radius 2 is 1.92 bits per heavy atom. The number of carbonyl (C=O) groups is 1. The molecule has 1 heterocycles. The van der Waals surface area contributed by atoms with Gasteiger partial charge in [0.1, 0.15) is 5.75 Å². The summed E-state index contributed by atoms with van der Waals surface area (Å²) in [6.45, 7) is 2.45. The second-order valence-corrected chi connectivity index (χ2v) is 7.13. The molecule has 1 aliphatic rings. The Morgan fingerprint density at radius 3 is 2.60 bits per heavy atom. The normalized spacial score (nSPS) is 20.7. The lowest BCUT2D eigenvalue weighted by molar-refractivity contribution is 0.0641. The fraction of sp³-hybridized carbons (Fsp3) is 0.381. The van der Waals surface area contributed by atoms with E-state index in [1.54, 1.807) is 6.07 Å². The second-order valence-electron chi connectivity index (χ2n) is 7.13. The standard InChI is InChI=1S/C21H26N2O2/c1-22(2)14-18-11-12-23(21(25)16-7-4-3-5-8-16)15-20(18)17-9-6-10-19(24)13-17/h3-10,13,18,20,24H,11-12,14-15H2,1-2H3/t18-,20-/m1/s1. The minimum absolute atomic E-state index is 0.0917. The van der Waals surface area contributed by atoms with Crippen molar-refractivity contribution in [3.63, 3.8) is 0 Å². The van der Waals surface area contributed by atoms with Gasteiger partial charge in [0.2, 0.25) is 0 Å². The molecule has 0 aliphatic carbocycles. The maximum atomic E-state index is 12.8. The summed E-state index contributed by atoms with van der Waals surface area (Å²) >= 11 is 0. The van der Waals surface area contributed by atoms with Crippen molar-refractivity contribution in [2.24, 2.45) is 5.92 Å². The number of hydrogen-bond acceptors (Lipinski definition) is 3. The highest BCUT2D eigenvalue weighted by atomic mass is 16.3. The van der Waals surface area contributed by atoms with E-state index in [9.17, 15) is 9.90 Å². The van der Waals surface area contributed by atoms with E-state index in [4.69, 9.17) is 0 Å². The van der Waals surface area contributed by atoms with Crippen LogP contribution in [0.25, 0.3) is 0 Å². The summed E-state index contributed by atoms with van der Waals surface area (Å²) in [5.41, 5.74) is 1.85. The van der Waals surface area contributed by atoms with Crippen LogP contribution in [-0.2, 0) is 0 Å². The summed E-state index contributed by atoms with van der Waals surface area (Å²) in [4.78, 5) is 17.0. The molecule has 132 valence electrons. The maximum absolute atomic E-state index is 12.8. The lowest BCUT2D eigenvalue weighted by Crippen LogP contribution is -2.45. The monoisotopic (exact) mass is 338 g/mol. The van der Waals surface area contributed by atoms with Crippen LogP contribution in [0.5, 0.6) is 5.75 Å². The van der Waals surface area contributed by atoms with Gasteiger partial charge in [-0.2, -0.15) is 0 Å². The van der Waals surface area contributed by atoms with Crippen LogP contribution in [0.3, 0.4) is 0 Å². The lowest BCUT2D eigenvalue weighted by atomic mass is 9.80. The first-order valence-electron chi connectivity index (χ1n) is 8.82. The minimum atomic E-state index is 0.0917. The molecule has 2 aromatic rings. The first-order chi connectivity index (χ1) is 12.0. The predicted octanol–water partition coefficient (Wildman–Crippen LogP) is 3.20. The van der Waals surface area contributed by atoms with Crippen molar-refractivity contribution in [1.29, 1.82) is 0 Å². The third kappa shape index (κ3) is 4.20. The van der Waals surface area contributed by atoms with Crippen LogP contribution in [-0.4, -0.2) is 54.5 Å². The van der Waals surface area contributed by atoms with Crippen molar-refractivity contribution >= 4 is 5.91 Å². The molecule has 1 N–H and O–H groups in total. The zero-order valence-electron chi connectivity index (χ0n) is 14.9. The molecule has 1 aliphatic heterocycles. The number of benzene rings is 2. The van der Waals surface area contributed by atoms with Crippen molar-refractivity contribution in [1.82, 2.24) is 9.80 Å². The summed E-state index contributed by atoms with van der Waals surface area (Å²) in [5, 5.41) is 9.87. The van der Waals surface area contributed by atoms with E-state index < -0.39 is 0 Å². The largest absolute Gasteiger partial charge is 0.508 e. The Kier molecular flexibility index (Phi) is 5.39. The molecular weight excluding hydrogens is 312 g/mol. The quantitative estimate of drug-likeness (QED) is 0.931. The molecule has 1 amide bonds. The molecule has 0 radical (unpaired) electrons. The minimum Gasteiger partial charge on any atom is -0.508 e. The van der Waals surface area contributed by atoms with E-state index in [-0.39, 0.29) is 17.6 Å². The van der Waals surface area contributed by atoms with Crippen molar-refractivity contribution in [2.75, 3.05) is 33.7 Å². The molecule has 0 spiro atoms. The highest BCUT2D eigenvalue weighted by Crippen LogP contribution is 2.34. The maximum Gasteiger partial charge on any atom is 0.253 e. The van der Waals surface area contributed by atoms with Gasteiger partial charge in [-0.15, -0.1) is 0 Å². The van der Waals surface area contributed by atoms with Gasteiger partial charge in [-0.1, -0.05) is 30.3 Å². The average Bonchev–Trinajstić information content (AvgIpc) is 2.62. The number of amides is 1. The molecule has 4 nitrogen and oxygen atoms in total. The number of carbonyl (C=O) groups excluding carboxylic acids is 1. The fourth-order valence-electron chi connectivity index (χ4n) is 3.77. The van der Waals surface area contributed by atoms with Gasteiger partial charge in [0, 0.05) is 31.1 Å². The number of phenols is 1. The average molecular weight is 338 g/mol. The summed E-state index contributed by atoms with van der Waals surface area (Å²) in [5.74, 6) is 1.08. The molecule has 0 saturated carbocycles. The first kappa shape index (κ1) is 17.5. The SMILES string of the molecule is CN(C)C[C@H]1CCN(C(=O)c2ccccc2)C[C@@H]1c1cccc(O)c1. The van der Waals surface area contributed by atoms with Crippen LogP contribution >= 0.6 is 0 Å². The molecule has 0 bridgehead atoms. The van der Waals surface area contributed by atoms with Crippen LogP contribution in [0.4, 0.5) is 0 Å². The Morgan fingerprint density at radius 1 is 1.16 bits per heavy atom. The summed E-state index contributed by atoms with van der Waals surface area (Å²) in [6.07, 6.45) is 0.969. The van der Waals surface area contributed by atoms with Crippen LogP contribution in [0.1, 0.15) is 28.3 Å². The van der Waals surface area contributed by atoms with E-state index >= 15 is 0 Å². The molecule has 0 unspecified atom stereocenters. The fourth-order valence-corrected chi connectivity index (χ4v) is 3.77. The number of aromatic hydroxyl groups is 1. The van der Waals surface area contributed by atoms with Gasteiger partial charge in [-0.3, -0.25) is 4.79 Å². The van der Waals surface area contributed by atoms with Crippen molar-refractivity contribution < 1.29 is 9.90 Å². The Balaban J connectivity index is 1.83. The number of likely N-dealkylation sites (tertiary alicyclic amines) is 1. The van der Waals surface area contributed by atoms with E-state index in [0.717, 1.165) is 30.6 Å². The molecule has 1 fully saturated rings. The molecule has 25 heavy (non-hydrogen) atoms. The number of phenolic OH excluding ortho intramolecular Hbond substituents is 1. The van der Waals surface area contributed by atoms with Crippen molar-refractivity contribution in [3.8, 4) is 5.75 Å². The van der Waals surface area contributed by atoms with Gasteiger partial charge in [-0.25, -0.2) is 0 Å². The Labute approximate surface area is 149 Å². The lowest BCUT2D eigenvalue weighted by Gasteiger charge is -2.40. The van der Waals surface area contributed by atoms with Crippen LogP contribution in [0.15, 0.2) is 54.6 Å². The summed E-state index contributed by atoms with van der Waals surface area (Å²) in [6, 6.07) is 16.9. The van der Waals surface area contributed by atoms with E-state index in [2.05, 4.69) is 25.1 Å². The highest BCUT2D eigenvalue weighted by molar-refractivity contribution is 5.94. The molecule has 2 aromatic carbocycles. The Hall–Kier alpha value is -2.33. The Bertz CT molecular complexity index is 715.